The molecule has 1 atom stereocenters. The molecule has 2 aromatic carbocycles. The number of aromatic nitrogens is 6. The zero-order chi connectivity index (χ0) is 25.4. The Labute approximate surface area is 211 Å². The van der Waals surface area contributed by atoms with Crippen LogP contribution in [0.25, 0.3) is 11.4 Å². The van der Waals surface area contributed by atoms with Crippen LogP contribution in [0.3, 0.4) is 0 Å². The van der Waals surface area contributed by atoms with Crippen LogP contribution in [-0.2, 0) is 20.0 Å². The minimum atomic E-state index is -0.412. The Morgan fingerprint density at radius 3 is 2.70 bits per heavy atom. The molecule has 0 fully saturated rings. The summed E-state index contributed by atoms with van der Waals surface area (Å²) in [7, 11) is 1.72. The first kappa shape index (κ1) is 22.6. The number of benzene rings is 2. The minimum Gasteiger partial charge on any atom is -0.454 e. The molecule has 6 rings (SSSR count). The summed E-state index contributed by atoms with van der Waals surface area (Å²) in [4.78, 5) is 35.2. The van der Waals surface area contributed by atoms with Gasteiger partial charge in [0.1, 0.15) is 17.7 Å². The second-order valence-corrected chi connectivity index (χ2v) is 8.74. The van der Waals surface area contributed by atoms with E-state index in [-0.39, 0.29) is 36.7 Å². The number of carbonyl (C=O) groups excluding carboxylic acids is 2. The number of nitrogens with zero attached hydrogens (tertiary/aromatic N) is 6. The van der Waals surface area contributed by atoms with Gasteiger partial charge in [-0.15, -0.1) is 10.2 Å². The highest BCUT2D eigenvalue weighted by Gasteiger charge is 2.26. The van der Waals surface area contributed by atoms with Gasteiger partial charge in [0.25, 0.3) is 11.8 Å². The lowest BCUT2D eigenvalue weighted by Crippen LogP contribution is -2.29. The molecule has 2 amide bonds. The van der Waals surface area contributed by atoms with Crippen LogP contribution in [0, 0.1) is 0 Å². The summed E-state index contributed by atoms with van der Waals surface area (Å²) < 4.78 is 10.7. The van der Waals surface area contributed by atoms with Crippen molar-refractivity contribution >= 4 is 11.8 Å². The fraction of sp³-hybridized carbons (Fsp3) is 0.240. The normalized spacial score (nSPS) is 15.3. The van der Waals surface area contributed by atoms with Crippen molar-refractivity contribution in [1.82, 2.24) is 40.8 Å². The first-order valence-corrected chi connectivity index (χ1v) is 11.7. The topological polar surface area (TPSA) is 146 Å². The van der Waals surface area contributed by atoms with Gasteiger partial charge < -0.3 is 20.1 Å². The summed E-state index contributed by atoms with van der Waals surface area (Å²) in [5.74, 6) is 1.09. The first-order valence-electron chi connectivity index (χ1n) is 11.7. The van der Waals surface area contributed by atoms with Gasteiger partial charge in [-0.05, 0) is 52.9 Å². The number of amides is 2. The van der Waals surface area contributed by atoms with Crippen molar-refractivity contribution in [2.75, 3.05) is 6.79 Å². The maximum Gasteiger partial charge on any atom is 0.270 e. The molecular weight excluding hydrogens is 476 g/mol. The van der Waals surface area contributed by atoms with Gasteiger partial charge in [-0.25, -0.2) is 9.97 Å². The van der Waals surface area contributed by atoms with E-state index in [1.54, 1.807) is 13.1 Å². The fourth-order valence-corrected chi connectivity index (χ4v) is 4.47. The largest absolute Gasteiger partial charge is 0.454 e. The van der Waals surface area contributed by atoms with Crippen molar-refractivity contribution in [3.05, 3.63) is 76.9 Å². The van der Waals surface area contributed by atoms with Crippen LogP contribution in [-0.4, -0.2) is 48.8 Å². The van der Waals surface area contributed by atoms with Gasteiger partial charge in [-0.3, -0.25) is 9.59 Å². The fourth-order valence-electron chi connectivity index (χ4n) is 4.47. The molecule has 0 saturated carbocycles. The van der Waals surface area contributed by atoms with Gasteiger partial charge in [0.15, 0.2) is 11.5 Å². The second kappa shape index (κ2) is 9.30. The molecule has 186 valence electrons. The summed E-state index contributed by atoms with van der Waals surface area (Å²) in [5, 5.41) is 18.0. The SMILES string of the molecule is Cn1nnc(-c2ccc3c(c2)CC[C@@H]3NC(=O)c2cc(C(=O)NCc3ccc4c(c3)OCO4)ncn2)n1. The Kier molecular flexibility index (Phi) is 5.68. The van der Waals surface area contributed by atoms with Crippen molar-refractivity contribution in [3.8, 4) is 22.9 Å². The van der Waals surface area contributed by atoms with Crippen LogP contribution in [0.1, 0.15) is 50.1 Å². The summed E-state index contributed by atoms with van der Waals surface area (Å²) in [6, 6.07) is 12.6. The van der Waals surface area contributed by atoms with E-state index < -0.39 is 5.91 Å². The maximum atomic E-state index is 13.0. The van der Waals surface area contributed by atoms with Gasteiger partial charge in [0.2, 0.25) is 12.6 Å². The molecule has 2 aliphatic rings. The van der Waals surface area contributed by atoms with E-state index in [4.69, 9.17) is 9.47 Å². The van der Waals surface area contributed by atoms with Gasteiger partial charge in [0.05, 0.1) is 13.1 Å². The summed E-state index contributed by atoms with van der Waals surface area (Å²) in [6.07, 6.45) is 2.78. The molecule has 0 bridgehead atoms. The van der Waals surface area contributed by atoms with E-state index in [0.717, 1.165) is 35.1 Å². The molecule has 0 unspecified atom stereocenters. The number of hydrogen-bond acceptors (Lipinski definition) is 9. The minimum absolute atomic E-state index is 0.105. The molecule has 1 aliphatic carbocycles. The number of rotatable bonds is 6. The number of aryl methyl sites for hydroxylation is 2. The molecule has 12 heteroatoms. The molecule has 0 radical (unpaired) electrons. The van der Waals surface area contributed by atoms with Crippen LogP contribution in [0.5, 0.6) is 11.5 Å². The maximum absolute atomic E-state index is 13.0. The van der Waals surface area contributed by atoms with Crippen LogP contribution in [0.4, 0.5) is 0 Å². The van der Waals surface area contributed by atoms with Crippen molar-refractivity contribution in [1.29, 1.82) is 0 Å². The zero-order valence-corrected chi connectivity index (χ0v) is 19.8. The van der Waals surface area contributed by atoms with Crippen molar-refractivity contribution in [2.45, 2.75) is 25.4 Å². The number of ether oxygens (including phenoxy) is 2. The van der Waals surface area contributed by atoms with Gasteiger partial charge in [-0.1, -0.05) is 18.2 Å². The predicted octanol–water partition coefficient (Wildman–Crippen LogP) is 1.74. The van der Waals surface area contributed by atoms with Crippen LogP contribution >= 0.6 is 0 Å². The van der Waals surface area contributed by atoms with E-state index in [9.17, 15) is 9.59 Å². The molecule has 37 heavy (non-hydrogen) atoms. The van der Waals surface area contributed by atoms with E-state index in [1.807, 2.05) is 30.3 Å². The monoisotopic (exact) mass is 498 g/mol. The number of hydrogen-bond donors (Lipinski definition) is 2. The summed E-state index contributed by atoms with van der Waals surface area (Å²) in [5.41, 5.74) is 4.12. The van der Waals surface area contributed by atoms with E-state index in [0.29, 0.717) is 17.3 Å². The lowest BCUT2D eigenvalue weighted by atomic mass is 10.0. The number of fused-ring (bicyclic) bond motifs is 2. The average molecular weight is 499 g/mol. The Hall–Kier alpha value is -4.87. The van der Waals surface area contributed by atoms with E-state index in [2.05, 4.69) is 36.0 Å². The van der Waals surface area contributed by atoms with Crippen molar-refractivity contribution in [3.63, 3.8) is 0 Å². The highest BCUT2D eigenvalue weighted by molar-refractivity contribution is 5.97. The van der Waals surface area contributed by atoms with Crippen molar-refractivity contribution < 1.29 is 19.1 Å². The molecule has 0 spiro atoms. The quantitative estimate of drug-likeness (QED) is 0.406. The molecule has 12 nitrogen and oxygen atoms in total. The third-order valence-electron chi connectivity index (χ3n) is 6.31. The lowest BCUT2D eigenvalue weighted by Gasteiger charge is -2.14. The third-order valence-corrected chi connectivity index (χ3v) is 6.31. The Morgan fingerprint density at radius 1 is 1.03 bits per heavy atom. The highest BCUT2D eigenvalue weighted by atomic mass is 16.7. The number of carbonyl (C=O) groups is 2. The summed E-state index contributed by atoms with van der Waals surface area (Å²) >= 11 is 0. The lowest BCUT2D eigenvalue weighted by molar-refractivity contribution is 0.0931. The van der Waals surface area contributed by atoms with Crippen molar-refractivity contribution in [2.24, 2.45) is 7.05 Å². The van der Waals surface area contributed by atoms with Crippen LogP contribution in [0.15, 0.2) is 48.8 Å². The second-order valence-electron chi connectivity index (χ2n) is 8.74. The molecule has 3 heterocycles. The predicted molar refractivity (Wildman–Crippen MR) is 129 cm³/mol. The standard InChI is InChI=1S/C25H22N8O4/c1-33-31-23(30-32-33)16-3-5-17-15(9-16)4-6-18(17)29-25(35)20-10-19(27-12-28-20)24(34)26-11-14-2-7-21-22(8-14)37-13-36-21/h2-3,5,7-10,12,18H,4,6,11,13H2,1H3,(H,26,34)(H,29,35)/t18-/m0/s1. The molecular formula is C25H22N8O4. The number of nitrogens with one attached hydrogen (secondary N) is 2. The molecule has 1 aliphatic heterocycles. The molecule has 4 aromatic rings. The average Bonchev–Trinajstić information content (AvgIpc) is 3.67. The Balaban J connectivity index is 1.10. The van der Waals surface area contributed by atoms with E-state index >= 15 is 0 Å². The van der Waals surface area contributed by atoms with E-state index in [1.165, 1.54) is 17.2 Å². The highest BCUT2D eigenvalue weighted by Crippen LogP contribution is 2.34. The van der Waals surface area contributed by atoms with Crippen LogP contribution < -0.4 is 20.1 Å². The van der Waals surface area contributed by atoms with Gasteiger partial charge >= 0.3 is 0 Å². The van der Waals surface area contributed by atoms with Gasteiger partial charge in [-0.2, -0.15) is 4.80 Å². The first-order chi connectivity index (χ1) is 18.0. The van der Waals surface area contributed by atoms with Gasteiger partial charge in [0, 0.05) is 18.2 Å². The number of tetrazole rings is 1. The molecule has 0 saturated heterocycles. The summed E-state index contributed by atoms with van der Waals surface area (Å²) in [6.45, 7) is 0.455. The zero-order valence-electron chi connectivity index (χ0n) is 19.8. The smallest absolute Gasteiger partial charge is 0.270 e. The molecule has 2 N–H and O–H groups in total. The third kappa shape index (κ3) is 4.56. The Morgan fingerprint density at radius 2 is 1.86 bits per heavy atom. The van der Waals surface area contributed by atoms with Crippen LogP contribution in [0.2, 0.25) is 0 Å². The Bertz CT molecular complexity index is 1520. The molecule has 2 aromatic heterocycles.